The van der Waals surface area contributed by atoms with Gasteiger partial charge in [0.05, 0.1) is 4.90 Å². The molecule has 1 atom stereocenters. The van der Waals surface area contributed by atoms with E-state index in [1.54, 1.807) is 12.1 Å². The Hall–Kier alpha value is -1.05. The van der Waals surface area contributed by atoms with Crippen LogP contribution in [0.15, 0.2) is 34.1 Å². The van der Waals surface area contributed by atoms with Gasteiger partial charge in [0.1, 0.15) is 6.04 Å². The Morgan fingerprint density at radius 1 is 1.30 bits per heavy atom. The van der Waals surface area contributed by atoms with Crippen LogP contribution in [0.2, 0.25) is 0 Å². The smallest absolute Gasteiger partial charge is 0.321 e. The van der Waals surface area contributed by atoms with E-state index in [1.807, 2.05) is 13.8 Å². The zero-order valence-electron chi connectivity index (χ0n) is 11.7. The first-order valence-corrected chi connectivity index (χ1v) is 8.99. The minimum atomic E-state index is -3.20. The van der Waals surface area contributed by atoms with Gasteiger partial charge in [-0.15, -0.1) is 11.8 Å². The van der Waals surface area contributed by atoms with E-state index >= 15 is 0 Å². The van der Waals surface area contributed by atoms with Gasteiger partial charge in [0, 0.05) is 22.9 Å². The van der Waals surface area contributed by atoms with Crippen molar-refractivity contribution in [3.05, 3.63) is 24.3 Å². The Balaban J connectivity index is 2.67. The van der Waals surface area contributed by atoms with Gasteiger partial charge in [0.25, 0.3) is 0 Å². The van der Waals surface area contributed by atoms with Gasteiger partial charge < -0.3 is 10.4 Å². The first-order valence-electron chi connectivity index (χ1n) is 6.12. The molecule has 0 amide bonds. The topological polar surface area (TPSA) is 83.5 Å². The number of hydrogen-bond acceptors (Lipinski definition) is 5. The predicted octanol–water partition coefficient (Wildman–Crippen LogP) is 1.63. The van der Waals surface area contributed by atoms with Crippen molar-refractivity contribution in [1.29, 1.82) is 0 Å². The van der Waals surface area contributed by atoms with E-state index in [4.69, 9.17) is 5.11 Å². The van der Waals surface area contributed by atoms with Crippen LogP contribution in [-0.4, -0.2) is 43.6 Å². The van der Waals surface area contributed by atoms with E-state index in [9.17, 15) is 13.2 Å². The number of rotatable bonds is 7. The molecular weight excluding hydrogens is 298 g/mol. The fraction of sp³-hybridized carbons (Fsp3) is 0.462. The molecule has 1 aromatic rings. The van der Waals surface area contributed by atoms with Crippen molar-refractivity contribution >= 4 is 27.6 Å². The summed E-state index contributed by atoms with van der Waals surface area (Å²) >= 11 is 1.38. The predicted molar refractivity (Wildman–Crippen MR) is 80.0 cm³/mol. The van der Waals surface area contributed by atoms with Crippen LogP contribution in [0.5, 0.6) is 0 Å². The van der Waals surface area contributed by atoms with Gasteiger partial charge in [0.2, 0.25) is 0 Å². The number of aliphatic carboxylic acids is 1. The SMILES string of the molecule is CC(C)NC(CSc1ccc(S(C)(=O)=O)cc1)C(=O)O. The highest BCUT2D eigenvalue weighted by Gasteiger charge is 2.18. The minimum Gasteiger partial charge on any atom is -0.480 e. The zero-order chi connectivity index (χ0) is 15.3. The van der Waals surface area contributed by atoms with Crippen LogP contribution in [-0.2, 0) is 14.6 Å². The molecule has 1 rings (SSSR count). The first kappa shape index (κ1) is 17.0. The number of carbonyl (C=O) groups is 1. The van der Waals surface area contributed by atoms with E-state index in [1.165, 1.54) is 23.9 Å². The van der Waals surface area contributed by atoms with Crippen LogP contribution in [0.4, 0.5) is 0 Å². The Morgan fingerprint density at radius 2 is 1.85 bits per heavy atom. The molecule has 2 N–H and O–H groups in total. The fourth-order valence-electron chi connectivity index (χ4n) is 1.56. The molecule has 0 heterocycles. The third-order valence-corrected chi connectivity index (χ3v) is 4.74. The molecule has 7 heteroatoms. The summed E-state index contributed by atoms with van der Waals surface area (Å²) in [4.78, 5) is 12.2. The van der Waals surface area contributed by atoms with Crippen molar-refractivity contribution in [2.75, 3.05) is 12.0 Å². The highest BCUT2D eigenvalue weighted by atomic mass is 32.2. The molecule has 112 valence electrons. The van der Waals surface area contributed by atoms with Crippen molar-refractivity contribution in [2.24, 2.45) is 0 Å². The summed E-state index contributed by atoms with van der Waals surface area (Å²) < 4.78 is 22.7. The second-order valence-corrected chi connectivity index (χ2v) is 7.88. The Morgan fingerprint density at radius 3 is 2.25 bits per heavy atom. The van der Waals surface area contributed by atoms with E-state index in [0.717, 1.165) is 11.2 Å². The maximum absolute atomic E-state index is 11.3. The van der Waals surface area contributed by atoms with Crippen molar-refractivity contribution in [2.45, 2.75) is 35.7 Å². The Bertz CT molecular complexity index is 552. The Labute approximate surface area is 123 Å². The summed E-state index contributed by atoms with van der Waals surface area (Å²) in [5, 5.41) is 12.1. The lowest BCUT2D eigenvalue weighted by Gasteiger charge is -2.16. The number of nitrogens with one attached hydrogen (secondary N) is 1. The maximum atomic E-state index is 11.3. The summed E-state index contributed by atoms with van der Waals surface area (Å²) in [5.41, 5.74) is 0. The van der Waals surface area contributed by atoms with Crippen LogP contribution in [0, 0.1) is 0 Å². The number of sulfone groups is 1. The fourth-order valence-corrected chi connectivity index (χ4v) is 3.11. The third kappa shape index (κ3) is 5.52. The molecular formula is C13H19NO4S2. The highest BCUT2D eigenvalue weighted by molar-refractivity contribution is 7.99. The van der Waals surface area contributed by atoms with Gasteiger partial charge in [0.15, 0.2) is 9.84 Å². The second kappa shape index (κ2) is 7.10. The van der Waals surface area contributed by atoms with Gasteiger partial charge in [-0.1, -0.05) is 13.8 Å². The van der Waals surface area contributed by atoms with Gasteiger partial charge in [-0.3, -0.25) is 4.79 Å². The van der Waals surface area contributed by atoms with E-state index < -0.39 is 21.8 Å². The first-order chi connectivity index (χ1) is 9.20. The van der Waals surface area contributed by atoms with E-state index in [2.05, 4.69) is 5.32 Å². The molecule has 20 heavy (non-hydrogen) atoms. The van der Waals surface area contributed by atoms with Crippen molar-refractivity contribution in [3.63, 3.8) is 0 Å². The zero-order valence-corrected chi connectivity index (χ0v) is 13.3. The average molecular weight is 317 g/mol. The molecule has 5 nitrogen and oxygen atoms in total. The standard InChI is InChI=1S/C13H19NO4S2/c1-9(2)14-12(13(15)16)8-19-10-4-6-11(7-5-10)20(3,17)18/h4-7,9,12,14H,8H2,1-3H3,(H,15,16). The summed E-state index contributed by atoms with van der Waals surface area (Å²) in [7, 11) is -3.20. The molecule has 0 aliphatic carbocycles. The van der Waals surface area contributed by atoms with Crippen LogP contribution in [0.3, 0.4) is 0 Å². The summed E-state index contributed by atoms with van der Waals surface area (Å²) in [6.45, 7) is 3.78. The van der Waals surface area contributed by atoms with Gasteiger partial charge >= 0.3 is 5.97 Å². The summed E-state index contributed by atoms with van der Waals surface area (Å²) in [6.07, 6.45) is 1.15. The summed E-state index contributed by atoms with van der Waals surface area (Å²) in [6, 6.07) is 5.90. The largest absolute Gasteiger partial charge is 0.480 e. The molecule has 0 spiro atoms. The molecule has 0 radical (unpaired) electrons. The van der Waals surface area contributed by atoms with Crippen LogP contribution < -0.4 is 5.32 Å². The molecule has 0 bridgehead atoms. The van der Waals surface area contributed by atoms with Crippen LogP contribution in [0.1, 0.15) is 13.8 Å². The lowest BCUT2D eigenvalue weighted by molar-refractivity contribution is -0.139. The monoisotopic (exact) mass is 317 g/mol. The normalized spacial score (nSPS) is 13.4. The average Bonchev–Trinajstić information content (AvgIpc) is 2.33. The quantitative estimate of drug-likeness (QED) is 0.744. The molecule has 1 unspecified atom stereocenters. The number of thioether (sulfide) groups is 1. The van der Waals surface area contributed by atoms with Crippen molar-refractivity contribution < 1.29 is 18.3 Å². The minimum absolute atomic E-state index is 0.0873. The van der Waals surface area contributed by atoms with Crippen molar-refractivity contribution in [1.82, 2.24) is 5.32 Å². The molecule has 0 saturated heterocycles. The van der Waals surface area contributed by atoms with E-state index in [-0.39, 0.29) is 10.9 Å². The Kier molecular flexibility index (Phi) is 6.04. The maximum Gasteiger partial charge on any atom is 0.321 e. The second-order valence-electron chi connectivity index (χ2n) is 4.77. The number of carboxylic acids is 1. The van der Waals surface area contributed by atoms with Gasteiger partial charge in [-0.05, 0) is 24.3 Å². The third-order valence-electron chi connectivity index (χ3n) is 2.50. The molecule has 0 aromatic heterocycles. The molecule has 1 aromatic carbocycles. The van der Waals surface area contributed by atoms with Crippen LogP contribution >= 0.6 is 11.8 Å². The number of hydrogen-bond donors (Lipinski definition) is 2. The molecule has 0 aliphatic heterocycles. The number of benzene rings is 1. The van der Waals surface area contributed by atoms with Crippen molar-refractivity contribution in [3.8, 4) is 0 Å². The molecule has 0 aliphatic rings. The molecule has 0 saturated carbocycles. The van der Waals surface area contributed by atoms with Gasteiger partial charge in [-0.25, -0.2) is 8.42 Å². The lowest BCUT2D eigenvalue weighted by Crippen LogP contribution is -2.42. The lowest BCUT2D eigenvalue weighted by atomic mass is 10.3. The number of carboxylic acid groups (broad SMARTS) is 1. The summed E-state index contributed by atoms with van der Waals surface area (Å²) in [5.74, 6) is -0.509. The van der Waals surface area contributed by atoms with Crippen LogP contribution in [0.25, 0.3) is 0 Å². The van der Waals surface area contributed by atoms with E-state index in [0.29, 0.717) is 5.75 Å². The molecule has 0 fully saturated rings. The van der Waals surface area contributed by atoms with Gasteiger partial charge in [-0.2, -0.15) is 0 Å². The highest BCUT2D eigenvalue weighted by Crippen LogP contribution is 2.21.